The Morgan fingerprint density at radius 2 is 1.80 bits per heavy atom. The Labute approximate surface area is 114 Å². The Balaban J connectivity index is 2.13. The van der Waals surface area contributed by atoms with Crippen LogP contribution in [0, 0.1) is 11.6 Å². The lowest BCUT2D eigenvalue weighted by Gasteiger charge is -2.12. The molecule has 0 aliphatic carbocycles. The van der Waals surface area contributed by atoms with Gasteiger partial charge >= 0.3 is 0 Å². The van der Waals surface area contributed by atoms with Crippen molar-refractivity contribution in [2.24, 2.45) is 0 Å². The third-order valence-electron chi connectivity index (χ3n) is 2.99. The average molecular weight is 271 g/mol. The molecular formula is C15H11F2N3. The molecule has 2 aromatic carbocycles. The van der Waals surface area contributed by atoms with Gasteiger partial charge in [0.1, 0.15) is 11.5 Å². The minimum atomic E-state index is -0.502. The average Bonchev–Trinajstić information content (AvgIpc) is 2.45. The lowest BCUT2D eigenvalue weighted by molar-refractivity contribution is 0.628. The van der Waals surface area contributed by atoms with Crippen LogP contribution in [0.4, 0.5) is 25.8 Å². The van der Waals surface area contributed by atoms with E-state index in [2.05, 4.69) is 10.3 Å². The van der Waals surface area contributed by atoms with Crippen LogP contribution in [0.2, 0.25) is 0 Å². The van der Waals surface area contributed by atoms with Crippen LogP contribution in [-0.2, 0) is 0 Å². The lowest BCUT2D eigenvalue weighted by atomic mass is 10.1. The Bertz CT molecular complexity index is 770. The van der Waals surface area contributed by atoms with Crippen molar-refractivity contribution in [3.63, 3.8) is 0 Å². The summed E-state index contributed by atoms with van der Waals surface area (Å²) in [6, 6.07) is 10.4. The van der Waals surface area contributed by atoms with Crippen molar-refractivity contribution in [2.75, 3.05) is 11.1 Å². The Kier molecular flexibility index (Phi) is 2.95. The van der Waals surface area contributed by atoms with E-state index >= 15 is 0 Å². The van der Waals surface area contributed by atoms with Crippen LogP contribution in [0.15, 0.2) is 48.7 Å². The van der Waals surface area contributed by atoms with Crippen LogP contribution in [0.1, 0.15) is 0 Å². The van der Waals surface area contributed by atoms with Crippen molar-refractivity contribution in [3.8, 4) is 0 Å². The van der Waals surface area contributed by atoms with E-state index in [0.717, 1.165) is 0 Å². The van der Waals surface area contributed by atoms with Crippen molar-refractivity contribution >= 4 is 28.0 Å². The van der Waals surface area contributed by atoms with Crippen molar-refractivity contribution < 1.29 is 8.78 Å². The number of aromatic nitrogens is 1. The van der Waals surface area contributed by atoms with Crippen molar-refractivity contribution in [3.05, 3.63) is 60.3 Å². The number of rotatable bonds is 2. The van der Waals surface area contributed by atoms with Crippen molar-refractivity contribution in [1.82, 2.24) is 4.98 Å². The quantitative estimate of drug-likeness (QED) is 0.696. The summed E-state index contributed by atoms with van der Waals surface area (Å²) in [6.45, 7) is 0. The Hall–Kier alpha value is -2.69. The zero-order chi connectivity index (χ0) is 14.1. The van der Waals surface area contributed by atoms with E-state index < -0.39 is 5.82 Å². The van der Waals surface area contributed by atoms with E-state index in [1.807, 2.05) is 0 Å². The predicted octanol–water partition coefficient (Wildman–Crippen LogP) is 3.84. The SMILES string of the molecule is Nc1cc(F)c(Nc2ccc(F)cc2)c2ncccc12. The zero-order valence-electron chi connectivity index (χ0n) is 10.4. The molecule has 0 radical (unpaired) electrons. The second-order valence-electron chi connectivity index (χ2n) is 4.35. The molecule has 20 heavy (non-hydrogen) atoms. The molecule has 1 aromatic heterocycles. The zero-order valence-corrected chi connectivity index (χ0v) is 10.4. The molecule has 1 heterocycles. The van der Waals surface area contributed by atoms with Gasteiger partial charge in [0, 0.05) is 23.0 Å². The topological polar surface area (TPSA) is 50.9 Å². The van der Waals surface area contributed by atoms with E-state index in [1.54, 1.807) is 18.3 Å². The Morgan fingerprint density at radius 3 is 2.55 bits per heavy atom. The third kappa shape index (κ3) is 2.14. The van der Waals surface area contributed by atoms with Crippen molar-refractivity contribution in [2.45, 2.75) is 0 Å². The largest absolute Gasteiger partial charge is 0.398 e. The van der Waals surface area contributed by atoms with Gasteiger partial charge in [-0.2, -0.15) is 0 Å². The van der Waals surface area contributed by atoms with E-state index in [-0.39, 0.29) is 11.5 Å². The maximum Gasteiger partial charge on any atom is 0.150 e. The van der Waals surface area contributed by atoms with E-state index in [4.69, 9.17) is 5.73 Å². The molecule has 100 valence electrons. The maximum atomic E-state index is 14.1. The molecule has 3 nitrogen and oxygen atoms in total. The summed E-state index contributed by atoms with van der Waals surface area (Å²) in [5, 5.41) is 3.58. The molecule has 0 saturated carbocycles. The Morgan fingerprint density at radius 1 is 1.05 bits per heavy atom. The van der Waals surface area contributed by atoms with Gasteiger partial charge in [-0.3, -0.25) is 4.98 Å². The highest BCUT2D eigenvalue weighted by atomic mass is 19.1. The normalized spacial score (nSPS) is 10.7. The summed E-state index contributed by atoms with van der Waals surface area (Å²) >= 11 is 0. The lowest BCUT2D eigenvalue weighted by Crippen LogP contribution is -1.99. The van der Waals surface area contributed by atoms with E-state index in [1.165, 1.54) is 30.3 Å². The number of nitrogens with one attached hydrogen (secondary N) is 1. The van der Waals surface area contributed by atoms with Gasteiger partial charge in [0.05, 0.1) is 5.52 Å². The van der Waals surface area contributed by atoms with Crippen LogP contribution in [-0.4, -0.2) is 4.98 Å². The second-order valence-corrected chi connectivity index (χ2v) is 4.35. The first kappa shape index (κ1) is 12.3. The molecule has 0 aliphatic heterocycles. The fraction of sp³-hybridized carbons (Fsp3) is 0. The molecule has 3 N–H and O–H groups in total. The monoisotopic (exact) mass is 271 g/mol. The van der Waals surface area contributed by atoms with Gasteiger partial charge in [-0.1, -0.05) is 0 Å². The van der Waals surface area contributed by atoms with Crippen LogP contribution in [0.3, 0.4) is 0 Å². The van der Waals surface area contributed by atoms with E-state index in [9.17, 15) is 8.78 Å². The molecular weight excluding hydrogens is 260 g/mol. The smallest absolute Gasteiger partial charge is 0.150 e. The number of pyridine rings is 1. The second kappa shape index (κ2) is 4.77. The number of nitrogens with two attached hydrogens (primary N) is 1. The summed E-state index contributed by atoms with van der Waals surface area (Å²) in [4.78, 5) is 4.16. The maximum absolute atomic E-state index is 14.1. The highest BCUT2D eigenvalue weighted by Crippen LogP contribution is 2.31. The number of halogens is 2. The van der Waals surface area contributed by atoms with Gasteiger partial charge in [0.25, 0.3) is 0 Å². The third-order valence-corrected chi connectivity index (χ3v) is 2.99. The molecule has 0 aliphatic rings. The number of hydrogen-bond donors (Lipinski definition) is 2. The minimum Gasteiger partial charge on any atom is -0.398 e. The molecule has 0 atom stereocenters. The summed E-state index contributed by atoms with van der Waals surface area (Å²) in [5.41, 5.74) is 7.34. The summed E-state index contributed by atoms with van der Waals surface area (Å²) in [6.07, 6.45) is 1.57. The number of fused-ring (bicyclic) bond motifs is 1. The fourth-order valence-electron chi connectivity index (χ4n) is 2.03. The molecule has 0 fully saturated rings. The predicted molar refractivity (Wildman–Crippen MR) is 75.8 cm³/mol. The number of anilines is 3. The molecule has 0 saturated heterocycles. The van der Waals surface area contributed by atoms with E-state index in [0.29, 0.717) is 22.3 Å². The standard InChI is InChI=1S/C15H11F2N3/c16-9-3-5-10(6-4-9)20-15-12(17)8-13(18)11-2-1-7-19-14(11)15/h1-8,20H,18H2. The number of nitrogens with zero attached hydrogens (tertiary/aromatic N) is 1. The highest BCUT2D eigenvalue weighted by molar-refractivity contribution is 5.99. The van der Waals surface area contributed by atoms with Gasteiger partial charge in [-0.25, -0.2) is 8.78 Å². The number of benzene rings is 2. The number of nitrogen functional groups attached to an aromatic ring is 1. The molecule has 0 spiro atoms. The molecule has 0 bridgehead atoms. The van der Waals surface area contributed by atoms with Crippen LogP contribution in [0.5, 0.6) is 0 Å². The molecule has 0 unspecified atom stereocenters. The first-order valence-corrected chi connectivity index (χ1v) is 6.00. The van der Waals surface area contributed by atoms with Gasteiger partial charge in [-0.15, -0.1) is 0 Å². The molecule has 0 amide bonds. The fourth-order valence-corrected chi connectivity index (χ4v) is 2.03. The summed E-state index contributed by atoms with van der Waals surface area (Å²) < 4.78 is 27.0. The van der Waals surface area contributed by atoms with Crippen LogP contribution >= 0.6 is 0 Å². The van der Waals surface area contributed by atoms with Crippen LogP contribution in [0.25, 0.3) is 10.9 Å². The summed E-state index contributed by atoms with van der Waals surface area (Å²) in [5.74, 6) is -0.852. The minimum absolute atomic E-state index is 0.224. The summed E-state index contributed by atoms with van der Waals surface area (Å²) in [7, 11) is 0. The first-order valence-electron chi connectivity index (χ1n) is 6.00. The molecule has 3 rings (SSSR count). The molecule has 3 aromatic rings. The van der Waals surface area contributed by atoms with Gasteiger partial charge in [-0.05, 0) is 42.5 Å². The van der Waals surface area contributed by atoms with Crippen molar-refractivity contribution in [1.29, 1.82) is 0 Å². The van der Waals surface area contributed by atoms with Gasteiger partial charge < -0.3 is 11.1 Å². The highest BCUT2D eigenvalue weighted by Gasteiger charge is 2.12. The first-order chi connectivity index (χ1) is 9.65. The van der Waals surface area contributed by atoms with Gasteiger partial charge in [0.15, 0.2) is 5.82 Å². The van der Waals surface area contributed by atoms with Gasteiger partial charge in [0.2, 0.25) is 0 Å². The molecule has 5 heteroatoms. The van der Waals surface area contributed by atoms with Crippen LogP contribution < -0.4 is 11.1 Å². The number of hydrogen-bond acceptors (Lipinski definition) is 3.